The predicted molar refractivity (Wildman–Crippen MR) is 58.4 cm³/mol. The van der Waals surface area contributed by atoms with Crippen LogP contribution in [0.25, 0.3) is 11.0 Å². The second-order valence-corrected chi connectivity index (χ2v) is 3.76. The van der Waals surface area contributed by atoms with Crippen LogP contribution in [-0.2, 0) is 6.42 Å². The summed E-state index contributed by atoms with van der Waals surface area (Å²) in [5, 5.41) is 3.95. The Morgan fingerprint density at radius 2 is 2.27 bits per heavy atom. The third-order valence-corrected chi connectivity index (χ3v) is 2.55. The van der Waals surface area contributed by atoms with Crippen LogP contribution >= 0.6 is 0 Å². The summed E-state index contributed by atoms with van der Waals surface area (Å²) in [6.07, 6.45) is 0.768. The first-order valence-electron chi connectivity index (χ1n) is 5.05. The zero-order valence-corrected chi connectivity index (χ0v) is 8.88. The number of fused-ring (bicyclic) bond motifs is 1. The van der Waals surface area contributed by atoms with Crippen LogP contribution in [0.4, 0.5) is 4.39 Å². The maximum absolute atomic E-state index is 13.3. The van der Waals surface area contributed by atoms with Crippen LogP contribution in [-0.4, -0.2) is 13.1 Å². The minimum Gasteiger partial charge on any atom is -0.458 e. The molecule has 2 aromatic rings. The molecule has 1 aromatic heterocycles. The van der Waals surface area contributed by atoms with Gasteiger partial charge in [-0.05, 0) is 26.1 Å². The average Bonchev–Trinajstić information content (AvgIpc) is 2.62. The lowest BCUT2D eigenvalue weighted by molar-refractivity contribution is 0.483. The Kier molecular flexibility index (Phi) is 2.73. The fourth-order valence-corrected chi connectivity index (χ4v) is 1.59. The molecular weight excluding hydrogens is 193 g/mol. The van der Waals surface area contributed by atoms with Gasteiger partial charge in [-0.1, -0.05) is 12.1 Å². The minimum absolute atomic E-state index is 0.295. The molecule has 1 unspecified atom stereocenters. The highest BCUT2D eigenvalue weighted by Gasteiger charge is 2.09. The van der Waals surface area contributed by atoms with Crippen LogP contribution < -0.4 is 5.32 Å². The summed E-state index contributed by atoms with van der Waals surface area (Å²) in [6.45, 7) is 2.06. The normalized spacial score (nSPS) is 13.3. The van der Waals surface area contributed by atoms with Crippen LogP contribution in [0.15, 0.2) is 28.7 Å². The van der Waals surface area contributed by atoms with Gasteiger partial charge in [-0.3, -0.25) is 0 Å². The van der Waals surface area contributed by atoms with Crippen LogP contribution in [0.1, 0.15) is 12.7 Å². The molecule has 0 fully saturated rings. The van der Waals surface area contributed by atoms with E-state index < -0.39 is 0 Å². The first-order valence-corrected chi connectivity index (χ1v) is 5.05. The summed E-state index contributed by atoms with van der Waals surface area (Å²) in [7, 11) is 1.90. The zero-order chi connectivity index (χ0) is 10.8. The van der Waals surface area contributed by atoms with Gasteiger partial charge in [0.25, 0.3) is 0 Å². The molecular formula is C12H14FNO. The Labute approximate surface area is 88.1 Å². The molecule has 1 aromatic carbocycles. The van der Waals surface area contributed by atoms with E-state index >= 15 is 0 Å². The van der Waals surface area contributed by atoms with E-state index in [1.165, 1.54) is 6.07 Å². The Balaban J connectivity index is 2.35. The van der Waals surface area contributed by atoms with Gasteiger partial charge in [-0.25, -0.2) is 4.39 Å². The fourth-order valence-electron chi connectivity index (χ4n) is 1.59. The molecule has 0 saturated carbocycles. The molecule has 2 nitrogen and oxygen atoms in total. The highest BCUT2D eigenvalue weighted by Crippen LogP contribution is 2.22. The molecule has 3 heteroatoms. The van der Waals surface area contributed by atoms with E-state index in [0.717, 1.165) is 17.6 Å². The second-order valence-electron chi connectivity index (χ2n) is 3.76. The van der Waals surface area contributed by atoms with Gasteiger partial charge < -0.3 is 9.73 Å². The summed E-state index contributed by atoms with van der Waals surface area (Å²) in [5.74, 6) is 0.521. The largest absolute Gasteiger partial charge is 0.458 e. The van der Waals surface area contributed by atoms with Crippen molar-refractivity contribution in [2.24, 2.45) is 0 Å². The highest BCUT2D eigenvalue weighted by molar-refractivity contribution is 5.78. The smallest absolute Gasteiger partial charge is 0.169 e. The fraction of sp³-hybridized carbons (Fsp3) is 0.333. The SMILES string of the molecule is CNC(C)Cc1cc2cccc(F)c2o1. The van der Waals surface area contributed by atoms with Gasteiger partial charge in [0.05, 0.1) is 0 Å². The molecule has 0 aliphatic rings. The number of furan rings is 1. The molecule has 0 spiro atoms. The Hall–Kier alpha value is -1.35. The number of rotatable bonds is 3. The molecule has 1 atom stereocenters. The van der Waals surface area contributed by atoms with Crippen LogP contribution in [0.2, 0.25) is 0 Å². The third kappa shape index (κ3) is 2.02. The highest BCUT2D eigenvalue weighted by atomic mass is 19.1. The van der Waals surface area contributed by atoms with E-state index in [4.69, 9.17) is 4.42 Å². The van der Waals surface area contributed by atoms with E-state index in [2.05, 4.69) is 12.2 Å². The molecule has 0 aliphatic carbocycles. The predicted octanol–water partition coefficient (Wildman–Crippen LogP) is 2.72. The van der Waals surface area contributed by atoms with Crippen molar-refractivity contribution in [1.82, 2.24) is 5.32 Å². The number of halogens is 1. The minimum atomic E-state index is -0.295. The lowest BCUT2D eigenvalue weighted by atomic mass is 10.2. The number of nitrogens with one attached hydrogen (secondary N) is 1. The lowest BCUT2D eigenvalue weighted by Crippen LogP contribution is -2.23. The van der Waals surface area contributed by atoms with E-state index in [1.54, 1.807) is 6.07 Å². The zero-order valence-electron chi connectivity index (χ0n) is 8.88. The van der Waals surface area contributed by atoms with E-state index in [-0.39, 0.29) is 5.82 Å². The van der Waals surface area contributed by atoms with Crippen LogP contribution in [0.5, 0.6) is 0 Å². The van der Waals surface area contributed by atoms with Crippen molar-refractivity contribution in [3.8, 4) is 0 Å². The molecule has 0 aliphatic heterocycles. The number of hydrogen-bond donors (Lipinski definition) is 1. The standard InChI is InChI=1S/C12H14FNO/c1-8(14-2)6-10-7-9-4-3-5-11(13)12(9)15-10/h3-5,7-8,14H,6H2,1-2H3. The van der Waals surface area contributed by atoms with Gasteiger partial charge in [0.15, 0.2) is 11.4 Å². The van der Waals surface area contributed by atoms with E-state index in [1.807, 2.05) is 19.2 Å². The van der Waals surface area contributed by atoms with Crippen molar-refractivity contribution >= 4 is 11.0 Å². The average molecular weight is 207 g/mol. The van der Waals surface area contributed by atoms with Gasteiger partial charge in [0.2, 0.25) is 0 Å². The summed E-state index contributed by atoms with van der Waals surface area (Å²) in [5.41, 5.74) is 0.357. The third-order valence-electron chi connectivity index (χ3n) is 2.55. The van der Waals surface area contributed by atoms with Crippen LogP contribution in [0.3, 0.4) is 0 Å². The van der Waals surface area contributed by atoms with Crippen molar-refractivity contribution < 1.29 is 8.81 Å². The van der Waals surface area contributed by atoms with E-state index in [9.17, 15) is 4.39 Å². The summed E-state index contributed by atoms with van der Waals surface area (Å²) in [6, 6.07) is 7.19. The van der Waals surface area contributed by atoms with Gasteiger partial charge >= 0.3 is 0 Å². The number of benzene rings is 1. The monoisotopic (exact) mass is 207 g/mol. The topological polar surface area (TPSA) is 25.2 Å². The number of para-hydroxylation sites is 1. The molecule has 0 amide bonds. The number of likely N-dealkylation sites (N-methyl/N-ethyl adjacent to an activating group) is 1. The molecule has 0 bridgehead atoms. The molecule has 0 radical (unpaired) electrons. The van der Waals surface area contributed by atoms with Crippen LogP contribution in [0, 0.1) is 5.82 Å². The number of hydrogen-bond acceptors (Lipinski definition) is 2. The Bertz CT molecular complexity index is 464. The first-order chi connectivity index (χ1) is 7.20. The molecule has 15 heavy (non-hydrogen) atoms. The molecule has 0 saturated heterocycles. The molecule has 2 rings (SSSR count). The van der Waals surface area contributed by atoms with Gasteiger partial charge in [-0.15, -0.1) is 0 Å². The lowest BCUT2D eigenvalue weighted by Gasteiger charge is -2.06. The van der Waals surface area contributed by atoms with Crippen molar-refractivity contribution in [2.75, 3.05) is 7.05 Å². The van der Waals surface area contributed by atoms with Crippen molar-refractivity contribution in [3.63, 3.8) is 0 Å². The maximum Gasteiger partial charge on any atom is 0.169 e. The molecule has 80 valence electrons. The van der Waals surface area contributed by atoms with Gasteiger partial charge in [0, 0.05) is 17.8 Å². The first kappa shape index (κ1) is 10.2. The van der Waals surface area contributed by atoms with Crippen molar-refractivity contribution in [1.29, 1.82) is 0 Å². The van der Waals surface area contributed by atoms with Gasteiger partial charge in [0.1, 0.15) is 5.76 Å². The Morgan fingerprint density at radius 1 is 1.47 bits per heavy atom. The summed E-state index contributed by atoms with van der Waals surface area (Å²) >= 11 is 0. The van der Waals surface area contributed by atoms with Crippen molar-refractivity contribution in [2.45, 2.75) is 19.4 Å². The molecule has 1 N–H and O–H groups in total. The quantitative estimate of drug-likeness (QED) is 0.837. The van der Waals surface area contributed by atoms with Crippen molar-refractivity contribution in [3.05, 3.63) is 35.8 Å². The molecule has 1 heterocycles. The summed E-state index contributed by atoms with van der Waals surface area (Å²) in [4.78, 5) is 0. The van der Waals surface area contributed by atoms with Gasteiger partial charge in [-0.2, -0.15) is 0 Å². The van der Waals surface area contributed by atoms with E-state index in [0.29, 0.717) is 11.6 Å². The maximum atomic E-state index is 13.3. The summed E-state index contributed by atoms with van der Waals surface area (Å²) < 4.78 is 18.8. The second kappa shape index (κ2) is 4.03. The Morgan fingerprint density at radius 3 is 2.93 bits per heavy atom.